The van der Waals surface area contributed by atoms with Crippen molar-refractivity contribution >= 4 is 30.5 Å². The van der Waals surface area contributed by atoms with E-state index in [2.05, 4.69) is 26.8 Å². The van der Waals surface area contributed by atoms with E-state index < -0.39 is 5.91 Å². The molecule has 0 saturated carbocycles. The number of anilines is 3. The summed E-state index contributed by atoms with van der Waals surface area (Å²) in [6.07, 6.45) is 1.08. The van der Waals surface area contributed by atoms with Crippen LogP contribution in [-0.4, -0.2) is 27.6 Å². The van der Waals surface area contributed by atoms with Gasteiger partial charge in [-0.1, -0.05) is 6.58 Å². The Morgan fingerprint density at radius 1 is 1.20 bits per heavy atom. The Morgan fingerprint density at radius 3 is 2.07 bits per heavy atom. The summed E-state index contributed by atoms with van der Waals surface area (Å²) in [5.74, 6) is -0.529. The zero-order valence-corrected chi connectivity index (χ0v) is 7.80. The first-order chi connectivity index (χ1) is 7.11. The summed E-state index contributed by atoms with van der Waals surface area (Å²) in [5, 5.41) is 2.29. The highest BCUT2D eigenvalue weighted by atomic mass is 16.1. The van der Waals surface area contributed by atoms with Crippen LogP contribution in [0.2, 0.25) is 0 Å². The number of nitrogens with two attached hydrogens (primary N) is 2. The van der Waals surface area contributed by atoms with Gasteiger partial charge in [0.05, 0.1) is 0 Å². The second-order valence-corrected chi connectivity index (χ2v) is 2.07. The molecule has 0 radical (unpaired) electrons. The molecule has 8 heteroatoms. The van der Waals surface area contributed by atoms with Gasteiger partial charge >= 0.3 is 0 Å². The summed E-state index contributed by atoms with van der Waals surface area (Å²) >= 11 is 0. The monoisotopic (exact) mass is 210 g/mol. The lowest BCUT2D eigenvalue weighted by Gasteiger charge is -2.00. The highest BCUT2D eigenvalue weighted by Gasteiger charge is 2.02. The Hall–Kier alpha value is -2.51. The van der Waals surface area contributed by atoms with Gasteiger partial charge in [0.15, 0.2) is 0 Å². The standard InChI is InChI=1S/C6H8N6O.CH2O/c1-2-3(13)9-6-11-4(7)10-5(8)12-6;1-2/h2H,1H2,(H5,7,8,9,10,11,12,13);1H2. The number of aromatic nitrogens is 3. The average Bonchev–Trinajstić information content (AvgIpc) is 2.19. The van der Waals surface area contributed by atoms with Crippen LogP contribution in [0.1, 0.15) is 0 Å². The topological polar surface area (TPSA) is 137 Å². The highest BCUT2D eigenvalue weighted by Crippen LogP contribution is 2.02. The summed E-state index contributed by atoms with van der Waals surface area (Å²) in [6.45, 7) is 5.26. The number of hydrogen-bond acceptors (Lipinski definition) is 7. The van der Waals surface area contributed by atoms with E-state index in [0.29, 0.717) is 0 Å². The number of rotatable bonds is 2. The van der Waals surface area contributed by atoms with Gasteiger partial charge in [0.1, 0.15) is 6.79 Å². The second kappa shape index (κ2) is 6.02. The molecule has 1 rings (SSSR count). The van der Waals surface area contributed by atoms with Crippen molar-refractivity contribution in [2.45, 2.75) is 0 Å². The molecule has 5 N–H and O–H groups in total. The third kappa shape index (κ3) is 4.31. The minimum Gasteiger partial charge on any atom is -0.368 e. The van der Waals surface area contributed by atoms with E-state index in [0.717, 1.165) is 6.08 Å². The van der Waals surface area contributed by atoms with E-state index in [9.17, 15) is 4.79 Å². The van der Waals surface area contributed by atoms with Crippen LogP contribution in [0.15, 0.2) is 12.7 Å². The van der Waals surface area contributed by atoms with E-state index in [1.54, 1.807) is 0 Å². The molecule has 0 saturated heterocycles. The second-order valence-electron chi connectivity index (χ2n) is 2.07. The van der Waals surface area contributed by atoms with Crippen LogP contribution in [0.25, 0.3) is 0 Å². The Bertz CT molecular complexity index is 346. The quantitative estimate of drug-likeness (QED) is 0.531. The molecular formula is C7H10N6O2. The third-order valence-electron chi connectivity index (χ3n) is 1.09. The van der Waals surface area contributed by atoms with Crippen molar-refractivity contribution in [3.63, 3.8) is 0 Å². The van der Waals surface area contributed by atoms with E-state index in [4.69, 9.17) is 16.3 Å². The lowest BCUT2D eigenvalue weighted by atomic mass is 10.6. The largest absolute Gasteiger partial charge is 0.368 e. The van der Waals surface area contributed by atoms with Crippen molar-refractivity contribution in [2.24, 2.45) is 0 Å². The van der Waals surface area contributed by atoms with Crippen molar-refractivity contribution in [2.75, 3.05) is 16.8 Å². The normalized spacial score (nSPS) is 8.27. The minimum atomic E-state index is -0.440. The van der Waals surface area contributed by atoms with Crippen molar-refractivity contribution in [3.8, 4) is 0 Å². The van der Waals surface area contributed by atoms with Gasteiger partial charge in [-0.25, -0.2) is 0 Å². The van der Waals surface area contributed by atoms with Crippen LogP contribution in [0, 0.1) is 0 Å². The van der Waals surface area contributed by atoms with Gasteiger partial charge in [-0.2, -0.15) is 15.0 Å². The van der Waals surface area contributed by atoms with Crippen molar-refractivity contribution in [3.05, 3.63) is 12.7 Å². The van der Waals surface area contributed by atoms with Gasteiger partial charge in [0.2, 0.25) is 23.8 Å². The molecule has 0 bridgehead atoms. The molecule has 0 aliphatic carbocycles. The molecular weight excluding hydrogens is 200 g/mol. The molecule has 1 amide bonds. The van der Waals surface area contributed by atoms with Gasteiger partial charge in [-0.05, 0) is 6.08 Å². The molecule has 0 fully saturated rings. The van der Waals surface area contributed by atoms with Gasteiger partial charge in [0.25, 0.3) is 0 Å². The Kier molecular flexibility index (Phi) is 5.01. The average molecular weight is 210 g/mol. The van der Waals surface area contributed by atoms with Crippen LogP contribution in [0.3, 0.4) is 0 Å². The highest BCUT2D eigenvalue weighted by molar-refractivity contribution is 5.97. The van der Waals surface area contributed by atoms with Crippen molar-refractivity contribution < 1.29 is 9.59 Å². The number of carbonyl (C=O) groups is 2. The molecule has 1 aromatic heterocycles. The Balaban J connectivity index is 0.000000921. The zero-order valence-electron chi connectivity index (χ0n) is 7.80. The van der Waals surface area contributed by atoms with E-state index >= 15 is 0 Å². The molecule has 0 aromatic carbocycles. The van der Waals surface area contributed by atoms with Gasteiger partial charge in [-0.3, -0.25) is 10.1 Å². The van der Waals surface area contributed by atoms with E-state index in [1.807, 2.05) is 6.79 Å². The number of nitrogens with one attached hydrogen (secondary N) is 1. The molecule has 8 nitrogen and oxygen atoms in total. The predicted octanol–water partition coefficient (Wildman–Crippen LogP) is -1.02. The number of carbonyl (C=O) groups excluding carboxylic acids is 2. The van der Waals surface area contributed by atoms with Gasteiger partial charge in [0, 0.05) is 0 Å². The van der Waals surface area contributed by atoms with Gasteiger partial charge in [-0.15, -0.1) is 0 Å². The molecule has 0 aliphatic rings. The summed E-state index contributed by atoms with van der Waals surface area (Å²) in [6, 6.07) is 0. The molecule has 0 spiro atoms. The summed E-state index contributed by atoms with van der Waals surface area (Å²) in [7, 11) is 0. The predicted molar refractivity (Wildman–Crippen MR) is 54.6 cm³/mol. The first-order valence-electron chi connectivity index (χ1n) is 3.61. The molecule has 1 heterocycles. The first-order valence-corrected chi connectivity index (χ1v) is 3.61. The van der Waals surface area contributed by atoms with Crippen molar-refractivity contribution in [1.82, 2.24) is 15.0 Å². The van der Waals surface area contributed by atoms with Crippen LogP contribution in [0.4, 0.5) is 17.8 Å². The molecule has 1 aromatic rings. The number of amides is 1. The summed E-state index contributed by atoms with van der Waals surface area (Å²) in [5.41, 5.74) is 10.5. The fraction of sp³-hybridized carbons (Fsp3) is 0. The SMILES string of the molecule is C=CC(=O)Nc1nc(N)nc(N)n1.C=O. The van der Waals surface area contributed by atoms with Crippen molar-refractivity contribution in [1.29, 1.82) is 0 Å². The lowest BCUT2D eigenvalue weighted by Crippen LogP contribution is -2.13. The maximum atomic E-state index is 10.8. The van der Waals surface area contributed by atoms with Crippen LogP contribution >= 0.6 is 0 Å². The lowest BCUT2D eigenvalue weighted by molar-refractivity contribution is -0.112. The van der Waals surface area contributed by atoms with Crippen LogP contribution < -0.4 is 16.8 Å². The number of nitrogens with zero attached hydrogens (tertiary/aromatic N) is 3. The summed E-state index contributed by atoms with van der Waals surface area (Å²) < 4.78 is 0. The fourth-order valence-corrected chi connectivity index (χ4v) is 0.626. The molecule has 0 unspecified atom stereocenters. The molecule has 15 heavy (non-hydrogen) atoms. The number of nitrogen functional groups attached to an aromatic ring is 2. The fourth-order valence-electron chi connectivity index (χ4n) is 0.626. The Morgan fingerprint density at radius 2 is 1.67 bits per heavy atom. The van der Waals surface area contributed by atoms with Gasteiger partial charge < -0.3 is 16.3 Å². The zero-order chi connectivity index (χ0) is 11.8. The van der Waals surface area contributed by atoms with Crippen LogP contribution in [0.5, 0.6) is 0 Å². The third-order valence-corrected chi connectivity index (χ3v) is 1.09. The van der Waals surface area contributed by atoms with E-state index in [1.165, 1.54) is 0 Å². The van der Waals surface area contributed by atoms with E-state index in [-0.39, 0.29) is 17.8 Å². The maximum Gasteiger partial charge on any atom is 0.250 e. The molecule has 80 valence electrons. The maximum absolute atomic E-state index is 10.8. The van der Waals surface area contributed by atoms with Crippen LogP contribution in [-0.2, 0) is 9.59 Å². The smallest absolute Gasteiger partial charge is 0.250 e. The Labute approximate surface area is 85.4 Å². The minimum absolute atomic E-state index is 0.00917. The molecule has 0 aliphatic heterocycles. The first kappa shape index (κ1) is 12.5. The summed E-state index contributed by atoms with van der Waals surface area (Å²) in [4.78, 5) is 29.6. The molecule has 0 atom stereocenters. The number of hydrogen-bond donors (Lipinski definition) is 3.